The summed E-state index contributed by atoms with van der Waals surface area (Å²) in [5.41, 5.74) is 3.41. The smallest absolute Gasteiger partial charge is 0.358 e. The maximum Gasteiger partial charge on any atom is 2.00 e. The van der Waals surface area contributed by atoms with Gasteiger partial charge >= 0.3 is 23.1 Å². The van der Waals surface area contributed by atoms with E-state index in [1.807, 2.05) is 12.1 Å². The molecule has 0 spiro atoms. The van der Waals surface area contributed by atoms with Crippen LogP contribution in [0.2, 0.25) is 0 Å². The standard InChI is InChI=1S/C10H11.CH3.Mg/c1-4-10-6-5-8(2)7-9(10)3;;/h4-7H,1,3H2,2H3;1H3;/q2*-1;+2. The molecule has 0 aliphatic rings. The van der Waals surface area contributed by atoms with Crippen LogP contribution in [-0.4, -0.2) is 23.1 Å². The second kappa shape index (κ2) is 6.15. The molecule has 0 fully saturated rings. The summed E-state index contributed by atoms with van der Waals surface area (Å²) < 4.78 is 0. The molecule has 0 radical (unpaired) electrons. The first-order valence-electron chi connectivity index (χ1n) is 3.29. The van der Waals surface area contributed by atoms with Gasteiger partial charge in [-0.05, 0) is 0 Å². The summed E-state index contributed by atoms with van der Waals surface area (Å²) >= 11 is 0. The molecule has 1 heteroatoms. The first-order valence-corrected chi connectivity index (χ1v) is 3.29. The van der Waals surface area contributed by atoms with Crippen LogP contribution in [0.3, 0.4) is 0 Å². The number of hydrogen-bond donors (Lipinski definition) is 0. The number of rotatable bonds is 1. The van der Waals surface area contributed by atoms with Crippen LogP contribution >= 0.6 is 0 Å². The topological polar surface area (TPSA) is 0 Å². The Kier molecular flexibility index (Phi) is 7.25. The van der Waals surface area contributed by atoms with Crippen molar-refractivity contribution in [2.75, 3.05) is 0 Å². The van der Waals surface area contributed by atoms with Gasteiger partial charge in [0.05, 0.1) is 0 Å². The van der Waals surface area contributed by atoms with E-state index in [0.29, 0.717) is 0 Å². The maximum absolute atomic E-state index is 3.88. The summed E-state index contributed by atoms with van der Waals surface area (Å²) in [6.07, 6.45) is 1.82. The molecule has 0 heterocycles. The summed E-state index contributed by atoms with van der Waals surface area (Å²) in [6, 6.07) is 6.15. The van der Waals surface area contributed by atoms with Gasteiger partial charge in [0.25, 0.3) is 0 Å². The van der Waals surface area contributed by atoms with E-state index in [1.54, 1.807) is 0 Å². The predicted molar refractivity (Wildman–Crippen MR) is 57.9 cm³/mol. The molecule has 1 aromatic carbocycles. The second-order valence-electron chi connectivity index (χ2n) is 2.41. The van der Waals surface area contributed by atoms with Crippen molar-refractivity contribution in [2.24, 2.45) is 0 Å². The van der Waals surface area contributed by atoms with Crippen LogP contribution in [0.1, 0.15) is 16.7 Å². The number of aryl methyl sites for hydroxylation is 1. The van der Waals surface area contributed by atoms with Crippen molar-refractivity contribution in [2.45, 2.75) is 6.92 Å². The third kappa shape index (κ3) is 3.33. The molecule has 0 saturated carbocycles. The fourth-order valence-electron chi connectivity index (χ4n) is 0.934. The van der Waals surface area contributed by atoms with Gasteiger partial charge in [-0.15, -0.1) is 29.8 Å². The van der Waals surface area contributed by atoms with Gasteiger partial charge in [-0.3, -0.25) is 0 Å². The Morgan fingerprint density at radius 3 is 2.42 bits per heavy atom. The Labute approximate surface area is 91.8 Å². The molecule has 1 aromatic rings. The van der Waals surface area contributed by atoms with Gasteiger partial charge in [0.1, 0.15) is 0 Å². The summed E-state index contributed by atoms with van der Waals surface area (Å²) in [6.45, 7) is 9.62. The van der Waals surface area contributed by atoms with Crippen LogP contribution in [0, 0.1) is 21.3 Å². The maximum atomic E-state index is 3.88. The summed E-state index contributed by atoms with van der Waals surface area (Å²) in [7, 11) is 0. The van der Waals surface area contributed by atoms with Crippen LogP contribution in [0.4, 0.5) is 0 Å². The van der Waals surface area contributed by atoms with E-state index in [0.717, 1.165) is 11.1 Å². The van der Waals surface area contributed by atoms with Crippen molar-refractivity contribution in [1.29, 1.82) is 0 Å². The molecule has 0 N–H and O–H groups in total. The zero-order valence-electron chi connectivity index (χ0n) is 7.93. The zero-order valence-corrected chi connectivity index (χ0v) is 9.34. The second-order valence-corrected chi connectivity index (χ2v) is 2.41. The van der Waals surface area contributed by atoms with Gasteiger partial charge in [-0.1, -0.05) is 13.0 Å². The Hall–Kier alpha value is -0.404. The van der Waals surface area contributed by atoms with Gasteiger partial charge in [0.2, 0.25) is 0 Å². The monoisotopic (exact) mass is 170 g/mol. The van der Waals surface area contributed by atoms with Gasteiger partial charge in [-0.25, -0.2) is 0 Å². The molecular weight excluding hydrogens is 156 g/mol. The van der Waals surface area contributed by atoms with E-state index in [2.05, 4.69) is 32.6 Å². The molecule has 1 rings (SSSR count). The molecule has 0 saturated heterocycles. The van der Waals surface area contributed by atoms with Crippen molar-refractivity contribution in [3.63, 3.8) is 0 Å². The molecular formula is C11H14Mg. The number of hydrogen-bond acceptors (Lipinski definition) is 0. The Bertz CT molecular complexity index is 251. The molecule has 0 nitrogen and oxygen atoms in total. The molecule has 60 valence electrons. The van der Waals surface area contributed by atoms with Crippen LogP contribution in [0.5, 0.6) is 0 Å². The fourth-order valence-corrected chi connectivity index (χ4v) is 0.934. The molecule has 0 bridgehead atoms. The van der Waals surface area contributed by atoms with E-state index < -0.39 is 0 Å². The zero-order chi connectivity index (χ0) is 7.56. The first kappa shape index (κ1) is 14.1. The van der Waals surface area contributed by atoms with E-state index in [-0.39, 0.29) is 30.5 Å². The molecule has 0 aliphatic heterocycles. The predicted octanol–water partition coefficient (Wildman–Crippen LogP) is 2.89. The summed E-state index contributed by atoms with van der Waals surface area (Å²) in [5.74, 6) is 0. The van der Waals surface area contributed by atoms with Crippen molar-refractivity contribution >= 4 is 29.1 Å². The molecule has 0 atom stereocenters. The van der Waals surface area contributed by atoms with E-state index in [9.17, 15) is 0 Å². The molecule has 0 unspecified atom stereocenters. The SMILES string of the molecule is C=Cc1ccc(C)cc1[CH2-].[CH3-].[Mg+2]. The summed E-state index contributed by atoms with van der Waals surface area (Å²) in [5, 5.41) is 0. The third-order valence-corrected chi connectivity index (χ3v) is 1.52. The Morgan fingerprint density at radius 2 is 2.00 bits per heavy atom. The average molecular weight is 171 g/mol. The minimum Gasteiger partial charge on any atom is -0.358 e. The van der Waals surface area contributed by atoms with Crippen molar-refractivity contribution in [1.82, 2.24) is 0 Å². The number of benzene rings is 1. The molecule has 0 aromatic heterocycles. The largest absolute Gasteiger partial charge is 2.00 e. The fraction of sp³-hybridized carbons (Fsp3) is 0.0909. The Balaban J connectivity index is 0. The average Bonchev–Trinajstić information content (AvgIpc) is 1.88. The van der Waals surface area contributed by atoms with Gasteiger partial charge in [-0.2, -0.15) is 18.6 Å². The first-order chi connectivity index (χ1) is 4.74. The van der Waals surface area contributed by atoms with Crippen LogP contribution in [-0.2, 0) is 0 Å². The van der Waals surface area contributed by atoms with Gasteiger partial charge < -0.3 is 7.43 Å². The normalized spacial score (nSPS) is 7.75. The van der Waals surface area contributed by atoms with Crippen molar-refractivity contribution in [3.8, 4) is 0 Å². The molecule has 0 amide bonds. The quantitative estimate of drug-likeness (QED) is 0.449. The van der Waals surface area contributed by atoms with Crippen LogP contribution < -0.4 is 0 Å². The summed E-state index contributed by atoms with van der Waals surface area (Å²) in [4.78, 5) is 0. The Morgan fingerprint density at radius 1 is 1.42 bits per heavy atom. The molecule has 0 aliphatic carbocycles. The van der Waals surface area contributed by atoms with E-state index >= 15 is 0 Å². The van der Waals surface area contributed by atoms with Crippen LogP contribution in [0.15, 0.2) is 24.8 Å². The minimum absolute atomic E-state index is 0. The van der Waals surface area contributed by atoms with Crippen LogP contribution in [0.25, 0.3) is 6.08 Å². The van der Waals surface area contributed by atoms with Gasteiger partial charge in [0, 0.05) is 0 Å². The van der Waals surface area contributed by atoms with Crippen molar-refractivity contribution < 1.29 is 0 Å². The third-order valence-electron chi connectivity index (χ3n) is 1.52. The van der Waals surface area contributed by atoms with Crippen molar-refractivity contribution in [3.05, 3.63) is 55.8 Å². The van der Waals surface area contributed by atoms with Gasteiger partial charge in [0.15, 0.2) is 0 Å². The van der Waals surface area contributed by atoms with E-state index in [4.69, 9.17) is 0 Å². The molecule has 12 heavy (non-hydrogen) atoms. The van der Waals surface area contributed by atoms with E-state index in [1.165, 1.54) is 5.56 Å². The minimum atomic E-state index is 0.